The summed E-state index contributed by atoms with van der Waals surface area (Å²) in [4.78, 5) is 6.17. The molecule has 0 aliphatic carbocycles. The Labute approximate surface area is 131 Å². The van der Waals surface area contributed by atoms with E-state index in [2.05, 4.69) is 22.2 Å². The predicted octanol–water partition coefficient (Wildman–Crippen LogP) is 4.81. The number of anilines is 1. The molecule has 21 heavy (non-hydrogen) atoms. The minimum atomic E-state index is -0.302. The summed E-state index contributed by atoms with van der Waals surface area (Å²) in [6.45, 7) is 13.2. The first kappa shape index (κ1) is 22.1. The van der Waals surface area contributed by atoms with Gasteiger partial charge in [0.1, 0.15) is 0 Å². The molecule has 1 aromatic rings. The number of piperidine rings is 1. The highest BCUT2D eigenvalue weighted by Crippen LogP contribution is 2.06. The van der Waals surface area contributed by atoms with Crippen LogP contribution in [0.25, 0.3) is 0 Å². The highest BCUT2D eigenvalue weighted by atomic mass is 19.1. The molecule has 0 saturated carbocycles. The van der Waals surface area contributed by atoms with Gasteiger partial charge in [-0.3, -0.25) is 0 Å². The lowest BCUT2D eigenvalue weighted by Crippen LogP contribution is -2.24. The Morgan fingerprint density at radius 2 is 1.71 bits per heavy atom. The number of hydrogen-bond acceptors (Lipinski definition) is 3. The maximum Gasteiger partial charge on any atom is 0.165 e. The molecule has 1 aromatic heterocycles. The van der Waals surface area contributed by atoms with Crippen molar-refractivity contribution in [3.63, 3.8) is 0 Å². The number of likely N-dealkylation sites (tertiary alicyclic amines) is 1. The van der Waals surface area contributed by atoms with Crippen molar-refractivity contribution in [3.8, 4) is 0 Å². The van der Waals surface area contributed by atoms with Gasteiger partial charge >= 0.3 is 0 Å². The standard InChI is InChI=1S/C7H9FN2.C6H13N.2C2H6/c1-2-9-7-6(8)4-3-5-10-7;1-7-5-3-2-4-6-7;2*1-2/h3-5H,2H2,1H3,(H,9,10);2-6H2,1H3;2*1-2H3. The third kappa shape index (κ3) is 12.3. The van der Waals surface area contributed by atoms with Crippen molar-refractivity contribution in [1.29, 1.82) is 0 Å². The van der Waals surface area contributed by atoms with E-state index in [0.29, 0.717) is 12.4 Å². The third-order valence-electron chi connectivity index (χ3n) is 2.68. The van der Waals surface area contributed by atoms with Gasteiger partial charge in [0.2, 0.25) is 0 Å². The fourth-order valence-corrected chi connectivity index (χ4v) is 1.74. The SMILES string of the molecule is CC.CC.CCNc1ncccc1F.CN1CCCCC1. The molecule has 1 N–H and O–H groups in total. The Kier molecular flexibility index (Phi) is 17.8. The molecular formula is C17H34FN3. The number of pyridine rings is 1. The molecule has 0 atom stereocenters. The number of halogens is 1. The summed E-state index contributed by atoms with van der Waals surface area (Å²) >= 11 is 0. The lowest BCUT2D eigenvalue weighted by Gasteiger charge is -2.20. The summed E-state index contributed by atoms with van der Waals surface area (Å²) in [5.41, 5.74) is 0. The Morgan fingerprint density at radius 3 is 2.10 bits per heavy atom. The van der Waals surface area contributed by atoms with E-state index < -0.39 is 0 Å². The summed E-state index contributed by atoms with van der Waals surface area (Å²) in [5, 5.41) is 2.79. The Bertz CT molecular complexity index is 313. The molecule has 0 amide bonds. The molecule has 0 spiro atoms. The minimum absolute atomic E-state index is 0.302. The molecule has 124 valence electrons. The average molecular weight is 299 g/mol. The first-order chi connectivity index (χ1) is 10.2. The van der Waals surface area contributed by atoms with Crippen LogP contribution in [-0.2, 0) is 0 Å². The van der Waals surface area contributed by atoms with E-state index in [4.69, 9.17) is 0 Å². The number of nitrogens with zero attached hydrogens (tertiary/aromatic N) is 2. The highest BCUT2D eigenvalue weighted by molar-refractivity contribution is 5.34. The second-order valence-corrected chi connectivity index (χ2v) is 4.23. The zero-order chi connectivity index (χ0) is 16.5. The van der Waals surface area contributed by atoms with Gasteiger partial charge in [-0.15, -0.1) is 0 Å². The number of aromatic nitrogens is 1. The maximum atomic E-state index is 12.7. The van der Waals surface area contributed by atoms with Crippen molar-refractivity contribution in [2.45, 2.75) is 53.9 Å². The molecule has 1 fully saturated rings. The van der Waals surface area contributed by atoms with E-state index in [9.17, 15) is 4.39 Å². The Hall–Kier alpha value is -1.16. The van der Waals surface area contributed by atoms with Crippen LogP contribution in [0, 0.1) is 5.82 Å². The molecule has 4 heteroatoms. The normalized spacial score (nSPS) is 13.5. The molecule has 1 aliphatic heterocycles. The second-order valence-electron chi connectivity index (χ2n) is 4.23. The lowest BCUT2D eigenvalue weighted by atomic mass is 10.1. The molecule has 2 heterocycles. The van der Waals surface area contributed by atoms with Crippen LogP contribution in [-0.4, -0.2) is 36.6 Å². The second kappa shape index (κ2) is 16.9. The quantitative estimate of drug-likeness (QED) is 0.849. The smallest absolute Gasteiger partial charge is 0.165 e. The van der Waals surface area contributed by atoms with Crippen LogP contribution < -0.4 is 5.32 Å². The monoisotopic (exact) mass is 299 g/mol. The summed E-state index contributed by atoms with van der Waals surface area (Å²) in [7, 11) is 2.19. The van der Waals surface area contributed by atoms with E-state index in [1.165, 1.54) is 38.4 Å². The van der Waals surface area contributed by atoms with Crippen LogP contribution >= 0.6 is 0 Å². The first-order valence-corrected chi connectivity index (χ1v) is 8.27. The van der Waals surface area contributed by atoms with Gasteiger partial charge in [-0.1, -0.05) is 34.1 Å². The van der Waals surface area contributed by atoms with E-state index >= 15 is 0 Å². The molecule has 0 bridgehead atoms. The van der Waals surface area contributed by atoms with Crippen molar-refractivity contribution in [3.05, 3.63) is 24.1 Å². The van der Waals surface area contributed by atoms with Gasteiger partial charge in [0.05, 0.1) is 0 Å². The number of rotatable bonds is 2. The summed E-state index contributed by atoms with van der Waals surface area (Å²) in [5.74, 6) is 0.0225. The zero-order valence-electron chi connectivity index (χ0n) is 14.7. The van der Waals surface area contributed by atoms with Crippen LogP contribution in [0.4, 0.5) is 10.2 Å². The lowest BCUT2D eigenvalue weighted by molar-refractivity contribution is 0.277. The van der Waals surface area contributed by atoms with Crippen molar-refractivity contribution >= 4 is 5.82 Å². The first-order valence-electron chi connectivity index (χ1n) is 8.27. The van der Waals surface area contributed by atoms with Gasteiger partial charge in [-0.25, -0.2) is 9.37 Å². The van der Waals surface area contributed by atoms with Crippen LogP contribution in [0.3, 0.4) is 0 Å². The maximum absolute atomic E-state index is 12.7. The highest BCUT2D eigenvalue weighted by Gasteiger charge is 2.02. The van der Waals surface area contributed by atoms with Crippen LogP contribution in [0.2, 0.25) is 0 Å². The van der Waals surface area contributed by atoms with Gasteiger partial charge in [0, 0.05) is 12.7 Å². The van der Waals surface area contributed by atoms with Crippen LogP contribution in [0.1, 0.15) is 53.9 Å². The topological polar surface area (TPSA) is 28.2 Å². The molecule has 0 unspecified atom stereocenters. The van der Waals surface area contributed by atoms with Gasteiger partial charge < -0.3 is 10.2 Å². The van der Waals surface area contributed by atoms with E-state index in [-0.39, 0.29) is 5.82 Å². The Balaban J connectivity index is 0. The van der Waals surface area contributed by atoms with Gasteiger partial charge in [0.25, 0.3) is 0 Å². The molecule has 1 aliphatic rings. The van der Waals surface area contributed by atoms with E-state index in [1.807, 2.05) is 34.6 Å². The zero-order valence-corrected chi connectivity index (χ0v) is 14.7. The molecule has 3 nitrogen and oxygen atoms in total. The van der Waals surface area contributed by atoms with Gasteiger partial charge in [-0.05, 0) is 52.0 Å². The van der Waals surface area contributed by atoms with Crippen LogP contribution in [0.5, 0.6) is 0 Å². The minimum Gasteiger partial charge on any atom is -0.368 e. The van der Waals surface area contributed by atoms with Crippen LogP contribution in [0.15, 0.2) is 18.3 Å². The molecule has 0 aromatic carbocycles. The van der Waals surface area contributed by atoms with E-state index in [1.54, 1.807) is 12.3 Å². The summed E-state index contributed by atoms with van der Waals surface area (Å²) in [6, 6.07) is 2.95. The number of hydrogen-bond donors (Lipinski definition) is 1. The van der Waals surface area contributed by atoms with Gasteiger partial charge in [-0.2, -0.15) is 0 Å². The fraction of sp³-hybridized carbons (Fsp3) is 0.706. The molecule has 0 radical (unpaired) electrons. The van der Waals surface area contributed by atoms with E-state index in [0.717, 1.165) is 0 Å². The summed E-state index contributed by atoms with van der Waals surface area (Å²) < 4.78 is 12.7. The Morgan fingerprint density at radius 1 is 1.14 bits per heavy atom. The largest absolute Gasteiger partial charge is 0.368 e. The molecule has 2 rings (SSSR count). The summed E-state index contributed by atoms with van der Waals surface area (Å²) in [6.07, 6.45) is 5.83. The fourth-order valence-electron chi connectivity index (χ4n) is 1.74. The number of nitrogens with one attached hydrogen (secondary N) is 1. The molecular weight excluding hydrogens is 265 g/mol. The van der Waals surface area contributed by atoms with Gasteiger partial charge in [0.15, 0.2) is 11.6 Å². The predicted molar refractivity (Wildman–Crippen MR) is 92.4 cm³/mol. The van der Waals surface area contributed by atoms with Crippen molar-refractivity contribution in [1.82, 2.24) is 9.88 Å². The third-order valence-corrected chi connectivity index (χ3v) is 2.68. The average Bonchev–Trinajstić information content (AvgIpc) is 2.55. The van der Waals surface area contributed by atoms with Crippen molar-refractivity contribution in [2.24, 2.45) is 0 Å². The molecule has 1 saturated heterocycles. The van der Waals surface area contributed by atoms with Crippen molar-refractivity contribution in [2.75, 3.05) is 32.0 Å². The van der Waals surface area contributed by atoms with Crippen molar-refractivity contribution < 1.29 is 4.39 Å².